The average Bonchev–Trinajstić information content (AvgIpc) is 2.16. The van der Waals surface area contributed by atoms with Crippen molar-refractivity contribution < 1.29 is 9.53 Å². The monoisotopic (exact) mass is 254 g/mol. The van der Waals surface area contributed by atoms with Crippen LogP contribution in [0, 0.1) is 11.3 Å². The number of benzene rings is 1. The van der Waals surface area contributed by atoms with E-state index in [1.807, 2.05) is 6.07 Å². The molecule has 5 heteroatoms. The van der Waals surface area contributed by atoms with Crippen molar-refractivity contribution in [2.24, 2.45) is 0 Å². The SMILES string of the molecule is COC(=O)c1cc(N)c(C#N)c(Br)c1. The van der Waals surface area contributed by atoms with Crippen molar-refractivity contribution in [3.8, 4) is 6.07 Å². The van der Waals surface area contributed by atoms with Crippen molar-refractivity contribution in [3.05, 3.63) is 27.7 Å². The summed E-state index contributed by atoms with van der Waals surface area (Å²) in [5.74, 6) is -0.484. The molecule has 0 aromatic heterocycles. The standard InChI is InChI=1S/C9H7BrN2O2/c1-14-9(13)5-2-7(10)6(4-11)8(12)3-5/h2-3H,12H2,1H3. The first kappa shape index (κ1) is 10.5. The summed E-state index contributed by atoms with van der Waals surface area (Å²) in [7, 11) is 1.28. The van der Waals surface area contributed by atoms with Gasteiger partial charge in [-0.3, -0.25) is 0 Å². The van der Waals surface area contributed by atoms with Gasteiger partial charge in [0.1, 0.15) is 6.07 Å². The number of esters is 1. The maximum atomic E-state index is 11.1. The Hall–Kier alpha value is -1.54. The van der Waals surface area contributed by atoms with Gasteiger partial charge in [-0.2, -0.15) is 5.26 Å². The molecule has 0 radical (unpaired) electrons. The summed E-state index contributed by atoms with van der Waals surface area (Å²) in [5, 5.41) is 8.71. The van der Waals surface area contributed by atoms with Crippen LogP contribution in [0.2, 0.25) is 0 Å². The number of nitrogens with two attached hydrogens (primary N) is 1. The number of rotatable bonds is 1. The second-order valence-electron chi connectivity index (χ2n) is 2.53. The zero-order valence-electron chi connectivity index (χ0n) is 7.37. The molecule has 4 nitrogen and oxygen atoms in total. The van der Waals surface area contributed by atoms with Crippen LogP contribution in [0.3, 0.4) is 0 Å². The minimum atomic E-state index is -0.484. The fraction of sp³-hybridized carbons (Fsp3) is 0.111. The molecule has 0 amide bonds. The van der Waals surface area contributed by atoms with Gasteiger partial charge in [0, 0.05) is 4.47 Å². The molecule has 0 bridgehead atoms. The van der Waals surface area contributed by atoms with Gasteiger partial charge < -0.3 is 10.5 Å². The van der Waals surface area contributed by atoms with E-state index in [2.05, 4.69) is 20.7 Å². The lowest BCUT2D eigenvalue weighted by atomic mass is 10.1. The highest BCUT2D eigenvalue weighted by atomic mass is 79.9. The molecule has 72 valence electrons. The average molecular weight is 255 g/mol. The van der Waals surface area contributed by atoms with E-state index in [0.717, 1.165) is 0 Å². The minimum Gasteiger partial charge on any atom is -0.465 e. The molecule has 2 N–H and O–H groups in total. The molecule has 14 heavy (non-hydrogen) atoms. The lowest BCUT2D eigenvalue weighted by molar-refractivity contribution is 0.0600. The molecule has 1 aromatic carbocycles. The maximum Gasteiger partial charge on any atom is 0.337 e. The van der Waals surface area contributed by atoms with Gasteiger partial charge in [0.15, 0.2) is 0 Å². The topological polar surface area (TPSA) is 76.1 Å². The van der Waals surface area contributed by atoms with Crippen LogP contribution in [0.15, 0.2) is 16.6 Å². The van der Waals surface area contributed by atoms with Crippen molar-refractivity contribution >= 4 is 27.6 Å². The number of nitriles is 1. The molecule has 0 fully saturated rings. The summed E-state index contributed by atoms with van der Waals surface area (Å²) in [6.07, 6.45) is 0. The van der Waals surface area contributed by atoms with Crippen LogP contribution in [-0.4, -0.2) is 13.1 Å². The number of carbonyl (C=O) groups is 1. The van der Waals surface area contributed by atoms with Crippen LogP contribution in [0.1, 0.15) is 15.9 Å². The highest BCUT2D eigenvalue weighted by Gasteiger charge is 2.11. The summed E-state index contributed by atoms with van der Waals surface area (Å²) in [5.41, 5.74) is 6.45. The van der Waals surface area contributed by atoms with Gasteiger partial charge in [-0.1, -0.05) is 0 Å². The highest BCUT2D eigenvalue weighted by molar-refractivity contribution is 9.10. The smallest absolute Gasteiger partial charge is 0.337 e. The van der Waals surface area contributed by atoms with Crippen molar-refractivity contribution in [2.45, 2.75) is 0 Å². The minimum absolute atomic E-state index is 0.252. The Morgan fingerprint density at radius 1 is 1.64 bits per heavy atom. The van der Waals surface area contributed by atoms with Crippen LogP contribution in [-0.2, 0) is 4.74 Å². The van der Waals surface area contributed by atoms with E-state index in [0.29, 0.717) is 15.6 Å². The van der Waals surface area contributed by atoms with Gasteiger partial charge in [-0.15, -0.1) is 0 Å². The number of ether oxygens (including phenoxy) is 1. The first-order valence-electron chi connectivity index (χ1n) is 3.67. The van der Waals surface area contributed by atoms with E-state index >= 15 is 0 Å². The Labute approximate surface area is 89.4 Å². The molecular weight excluding hydrogens is 248 g/mol. The lowest BCUT2D eigenvalue weighted by Crippen LogP contribution is -2.03. The van der Waals surface area contributed by atoms with Gasteiger partial charge in [-0.25, -0.2) is 4.79 Å². The molecule has 0 aliphatic rings. The van der Waals surface area contributed by atoms with E-state index in [4.69, 9.17) is 11.0 Å². The predicted molar refractivity (Wildman–Crippen MR) is 54.6 cm³/mol. The molecule has 0 saturated carbocycles. The maximum absolute atomic E-state index is 11.1. The van der Waals surface area contributed by atoms with Crippen LogP contribution in [0.25, 0.3) is 0 Å². The fourth-order valence-corrected chi connectivity index (χ4v) is 1.55. The van der Waals surface area contributed by atoms with E-state index in [1.165, 1.54) is 19.2 Å². The third-order valence-corrected chi connectivity index (χ3v) is 2.28. The first-order valence-corrected chi connectivity index (χ1v) is 4.47. The van der Waals surface area contributed by atoms with Gasteiger partial charge in [0.25, 0.3) is 0 Å². The van der Waals surface area contributed by atoms with Crippen molar-refractivity contribution in [3.63, 3.8) is 0 Å². The third kappa shape index (κ3) is 1.86. The molecule has 1 rings (SSSR count). The third-order valence-electron chi connectivity index (χ3n) is 1.65. The summed E-state index contributed by atoms with van der Waals surface area (Å²) in [6.45, 7) is 0. The summed E-state index contributed by atoms with van der Waals surface area (Å²) in [4.78, 5) is 11.1. The second-order valence-corrected chi connectivity index (χ2v) is 3.38. The van der Waals surface area contributed by atoms with Gasteiger partial charge in [0.05, 0.1) is 23.9 Å². The van der Waals surface area contributed by atoms with E-state index in [9.17, 15) is 4.79 Å². The van der Waals surface area contributed by atoms with Crippen molar-refractivity contribution in [1.82, 2.24) is 0 Å². The van der Waals surface area contributed by atoms with Crippen molar-refractivity contribution in [1.29, 1.82) is 5.26 Å². The normalized spacial score (nSPS) is 9.21. The number of nitrogen functional groups attached to an aromatic ring is 1. The highest BCUT2D eigenvalue weighted by Crippen LogP contribution is 2.24. The zero-order chi connectivity index (χ0) is 10.7. The molecular formula is C9H7BrN2O2. The molecule has 0 aliphatic carbocycles. The summed E-state index contributed by atoms with van der Waals surface area (Å²) >= 11 is 3.15. The fourth-order valence-electron chi connectivity index (χ4n) is 0.982. The Morgan fingerprint density at radius 2 is 2.29 bits per heavy atom. The zero-order valence-corrected chi connectivity index (χ0v) is 8.96. The molecule has 0 atom stereocenters. The van der Waals surface area contributed by atoms with Crippen LogP contribution in [0.5, 0.6) is 0 Å². The molecule has 0 unspecified atom stereocenters. The number of halogens is 1. The van der Waals surface area contributed by atoms with Gasteiger partial charge >= 0.3 is 5.97 Å². The molecule has 0 aliphatic heterocycles. The van der Waals surface area contributed by atoms with E-state index < -0.39 is 5.97 Å². The number of hydrogen-bond donors (Lipinski definition) is 1. The number of methoxy groups -OCH3 is 1. The number of carbonyl (C=O) groups excluding carboxylic acids is 1. The summed E-state index contributed by atoms with van der Waals surface area (Å²) < 4.78 is 5.01. The van der Waals surface area contributed by atoms with Gasteiger partial charge in [0.2, 0.25) is 0 Å². The number of nitrogens with zero attached hydrogens (tertiary/aromatic N) is 1. The Balaban J connectivity index is 3.29. The lowest BCUT2D eigenvalue weighted by Gasteiger charge is -2.04. The van der Waals surface area contributed by atoms with E-state index in [-0.39, 0.29) is 5.69 Å². The predicted octanol–water partition coefficient (Wildman–Crippen LogP) is 1.69. The van der Waals surface area contributed by atoms with Crippen molar-refractivity contribution in [2.75, 3.05) is 12.8 Å². The Morgan fingerprint density at radius 3 is 2.71 bits per heavy atom. The first-order chi connectivity index (χ1) is 6.60. The number of hydrogen-bond acceptors (Lipinski definition) is 4. The quantitative estimate of drug-likeness (QED) is 0.611. The number of anilines is 1. The van der Waals surface area contributed by atoms with Crippen LogP contribution < -0.4 is 5.73 Å². The summed E-state index contributed by atoms with van der Waals surface area (Å²) in [6, 6.07) is 4.84. The Kier molecular flexibility index (Phi) is 3.10. The van der Waals surface area contributed by atoms with Crippen LogP contribution >= 0.6 is 15.9 Å². The van der Waals surface area contributed by atoms with Gasteiger partial charge in [-0.05, 0) is 28.1 Å². The Bertz CT molecular complexity index is 400. The molecule has 0 saturated heterocycles. The molecule has 0 heterocycles. The van der Waals surface area contributed by atoms with Crippen LogP contribution in [0.4, 0.5) is 5.69 Å². The largest absolute Gasteiger partial charge is 0.465 e. The molecule has 0 spiro atoms. The second kappa shape index (κ2) is 4.11. The molecule has 1 aromatic rings. The van der Waals surface area contributed by atoms with E-state index in [1.54, 1.807) is 0 Å².